The lowest BCUT2D eigenvalue weighted by molar-refractivity contribution is -0.148. The Kier molecular flexibility index (Phi) is 7.65. The van der Waals surface area contributed by atoms with E-state index in [0.717, 1.165) is 6.08 Å². The van der Waals surface area contributed by atoms with Crippen LogP contribution in [0.15, 0.2) is 41.2 Å². The van der Waals surface area contributed by atoms with E-state index in [1.165, 1.54) is 22.4 Å². The lowest BCUT2D eigenvalue weighted by Gasteiger charge is -2.11. The number of nitrogens with zero attached hydrogens (tertiary/aromatic N) is 4. The summed E-state index contributed by atoms with van der Waals surface area (Å²) in [4.78, 5) is 38.2. The van der Waals surface area contributed by atoms with E-state index in [1.54, 1.807) is 49.8 Å². The van der Waals surface area contributed by atoms with E-state index in [4.69, 9.17) is 16.3 Å². The van der Waals surface area contributed by atoms with Crippen molar-refractivity contribution in [2.45, 2.75) is 39.3 Å². The topological polar surface area (TPSA) is 134 Å². The minimum atomic E-state index is -3.13. The maximum Gasteiger partial charge on any atom is 0.331 e. The van der Waals surface area contributed by atoms with Crippen LogP contribution in [-0.2, 0) is 31.2 Å². The van der Waals surface area contributed by atoms with Crippen molar-refractivity contribution >= 4 is 45.1 Å². The van der Waals surface area contributed by atoms with Crippen LogP contribution in [0.2, 0.25) is 5.15 Å². The van der Waals surface area contributed by atoms with Gasteiger partial charge in [-0.3, -0.25) is 14.3 Å². The van der Waals surface area contributed by atoms with Crippen LogP contribution >= 0.6 is 11.6 Å². The summed E-state index contributed by atoms with van der Waals surface area (Å²) in [6.07, 6.45) is 1.75. The summed E-state index contributed by atoms with van der Waals surface area (Å²) in [5, 5.41) is 7.12. The van der Waals surface area contributed by atoms with Crippen molar-refractivity contribution in [1.82, 2.24) is 19.1 Å². The van der Waals surface area contributed by atoms with E-state index >= 15 is 0 Å². The zero-order valence-corrected chi connectivity index (χ0v) is 22.9. The van der Waals surface area contributed by atoms with Crippen molar-refractivity contribution in [2.75, 3.05) is 16.8 Å². The molecule has 4 rings (SSSR count). The monoisotopic (exact) mass is 561 g/mol. The summed E-state index contributed by atoms with van der Waals surface area (Å²) in [6.45, 7) is 4.78. The van der Waals surface area contributed by atoms with Gasteiger partial charge >= 0.3 is 5.97 Å². The van der Waals surface area contributed by atoms with Crippen LogP contribution in [0, 0.1) is 13.8 Å². The number of aromatic nitrogens is 4. The highest BCUT2D eigenvalue weighted by atomic mass is 35.5. The molecule has 0 spiro atoms. The molecule has 1 amide bonds. The zero-order valence-electron chi connectivity index (χ0n) is 21.3. The number of esters is 1. The van der Waals surface area contributed by atoms with Gasteiger partial charge in [0.2, 0.25) is 0 Å². The summed E-state index contributed by atoms with van der Waals surface area (Å²) in [6, 6.07) is 8.62. The molecule has 0 saturated carbocycles. The van der Waals surface area contributed by atoms with Gasteiger partial charge < -0.3 is 10.1 Å². The molecule has 0 unspecified atom stereocenters. The molecule has 0 radical (unpaired) electrons. The van der Waals surface area contributed by atoms with Gasteiger partial charge in [-0.2, -0.15) is 5.10 Å². The number of sulfone groups is 1. The number of hydrogen-bond donors (Lipinski definition) is 1. The molecular weight excluding hydrogens is 534 g/mol. The fraction of sp³-hybridized carbons (Fsp3) is 0.360. The van der Waals surface area contributed by atoms with E-state index in [9.17, 15) is 22.8 Å². The van der Waals surface area contributed by atoms with E-state index in [2.05, 4.69) is 10.4 Å². The number of anilines is 1. The van der Waals surface area contributed by atoms with E-state index < -0.39 is 33.4 Å². The van der Waals surface area contributed by atoms with Crippen LogP contribution in [-0.4, -0.2) is 57.0 Å². The molecule has 2 atom stereocenters. The Hall–Kier alpha value is -3.64. The molecule has 1 fully saturated rings. The normalized spacial score (nSPS) is 17.6. The largest absolute Gasteiger partial charge is 0.449 e. The molecule has 1 aliphatic heterocycles. The molecule has 0 bridgehead atoms. The summed E-state index contributed by atoms with van der Waals surface area (Å²) < 4.78 is 33.4. The molecule has 1 saturated heterocycles. The standard InChI is InChI=1S/C25H28ClN5O6S/c1-15-20(23(26)30(28-15)19-12-13-38(35,36)14-19)10-11-21(32)37-17(3)24(33)27-22-16(2)29(4)31(25(22)34)18-8-6-5-7-9-18/h5-11,17,19H,12-14H2,1-4H3,(H,27,33)/b11-10+/t17-,19+/m1/s1. The summed E-state index contributed by atoms with van der Waals surface area (Å²) >= 11 is 6.43. The number of carbonyl (C=O) groups is 2. The smallest absolute Gasteiger partial charge is 0.331 e. The molecule has 1 N–H and O–H groups in total. The van der Waals surface area contributed by atoms with Gasteiger partial charge in [0.1, 0.15) is 10.8 Å². The third-order valence-corrected chi connectivity index (χ3v) is 8.60. The quantitative estimate of drug-likeness (QED) is 0.346. The van der Waals surface area contributed by atoms with E-state index in [0.29, 0.717) is 29.1 Å². The van der Waals surface area contributed by atoms with E-state index in [-0.39, 0.29) is 28.4 Å². The molecule has 1 aliphatic rings. The SMILES string of the molecule is Cc1nn([C@H]2CCS(=O)(=O)C2)c(Cl)c1/C=C/C(=O)O[C@H](C)C(=O)Nc1c(C)n(C)n(-c2ccccc2)c1=O. The number of halogens is 1. The number of rotatable bonds is 7. The highest BCUT2D eigenvalue weighted by molar-refractivity contribution is 7.91. The number of aryl methyl sites for hydroxylation is 1. The second-order valence-corrected chi connectivity index (χ2v) is 11.7. The van der Waals surface area contributed by atoms with E-state index in [1.807, 2.05) is 6.07 Å². The maximum absolute atomic E-state index is 13.0. The van der Waals surface area contributed by atoms with Gasteiger partial charge in [0.15, 0.2) is 15.9 Å². The van der Waals surface area contributed by atoms with Crippen molar-refractivity contribution in [2.24, 2.45) is 7.05 Å². The van der Waals surface area contributed by atoms with Crippen LogP contribution in [0.3, 0.4) is 0 Å². The van der Waals surface area contributed by atoms with Gasteiger partial charge in [-0.05, 0) is 45.4 Å². The highest BCUT2D eigenvalue weighted by Gasteiger charge is 2.32. The van der Waals surface area contributed by atoms with Gasteiger partial charge in [-0.1, -0.05) is 29.8 Å². The molecule has 3 heterocycles. The molecule has 13 heteroatoms. The first kappa shape index (κ1) is 27.4. The van der Waals surface area contributed by atoms with Gasteiger partial charge in [0, 0.05) is 18.7 Å². The maximum atomic E-state index is 13.0. The molecular formula is C25H28ClN5O6S. The number of ether oxygens (including phenoxy) is 1. The van der Waals surface area contributed by atoms with Gasteiger partial charge in [-0.25, -0.2) is 22.6 Å². The fourth-order valence-electron chi connectivity index (χ4n) is 4.29. The van der Waals surface area contributed by atoms with Crippen molar-refractivity contribution in [1.29, 1.82) is 0 Å². The lowest BCUT2D eigenvalue weighted by Crippen LogP contribution is -2.31. The highest BCUT2D eigenvalue weighted by Crippen LogP contribution is 2.30. The first-order valence-electron chi connectivity index (χ1n) is 11.9. The molecule has 38 heavy (non-hydrogen) atoms. The third kappa shape index (κ3) is 5.46. The van der Waals surface area contributed by atoms with Crippen molar-refractivity contribution in [3.63, 3.8) is 0 Å². The van der Waals surface area contributed by atoms with Crippen LogP contribution in [0.25, 0.3) is 11.8 Å². The van der Waals surface area contributed by atoms with Gasteiger partial charge in [-0.15, -0.1) is 0 Å². The first-order valence-corrected chi connectivity index (χ1v) is 14.1. The average molecular weight is 562 g/mol. The fourth-order valence-corrected chi connectivity index (χ4v) is 6.35. The molecule has 11 nitrogen and oxygen atoms in total. The molecule has 2 aromatic heterocycles. The number of para-hydroxylation sites is 1. The molecule has 3 aromatic rings. The van der Waals surface area contributed by atoms with Gasteiger partial charge in [0.05, 0.1) is 34.6 Å². The van der Waals surface area contributed by atoms with Gasteiger partial charge in [0.25, 0.3) is 11.5 Å². The minimum Gasteiger partial charge on any atom is -0.449 e. The number of nitrogens with one attached hydrogen (secondary N) is 1. The number of benzene rings is 1. The predicted molar refractivity (Wildman–Crippen MR) is 143 cm³/mol. The third-order valence-electron chi connectivity index (χ3n) is 6.48. The molecule has 1 aromatic carbocycles. The Morgan fingerprint density at radius 2 is 1.92 bits per heavy atom. The second kappa shape index (κ2) is 10.6. The first-order chi connectivity index (χ1) is 17.9. The second-order valence-electron chi connectivity index (χ2n) is 9.13. The number of carbonyl (C=O) groups excluding carboxylic acids is 2. The number of hydrogen-bond acceptors (Lipinski definition) is 7. The zero-order chi connectivity index (χ0) is 27.8. The molecule has 0 aliphatic carbocycles. The summed E-state index contributed by atoms with van der Waals surface area (Å²) in [7, 11) is -1.42. The number of amides is 1. The Balaban J connectivity index is 1.43. The Morgan fingerprint density at radius 1 is 1.24 bits per heavy atom. The Labute approximate surface area is 224 Å². The predicted octanol–water partition coefficient (Wildman–Crippen LogP) is 2.59. The van der Waals surface area contributed by atoms with Crippen LogP contribution < -0.4 is 10.9 Å². The van der Waals surface area contributed by atoms with Crippen molar-refractivity contribution in [3.8, 4) is 5.69 Å². The Bertz CT molecular complexity index is 1590. The van der Waals surface area contributed by atoms with Crippen LogP contribution in [0.4, 0.5) is 5.69 Å². The van der Waals surface area contributed by atoms with Crippen LogP contribution in [0.1, 0.15) is 36.3 Å². The minimum absolute atomic E-state index is 0.0387. The summed E-state index contributed by atoms with van der Waals surface area (Å²) in [5.41, 5.74) is 1.81. The summed E-state index contributed by atoms with van der Waals surface area (Å²) in [5.74, 6) is -1.43. The lowest BCUT2D eigenvalue weighted by atomic mass is 10.2. The van der Waals surface area contributed by atoms with Crippen LogP contribution in [0.5, 0.6) is 0 Å². The molecule has 202 valence electrons. The van der Waals surface area contributed by atoms with Crippen molar-refractivity contribution in [3.05, 3.63) is 68.9 Å². The average Bonchev–Trinajstić information content (AvgIpc) is 3.44. The van der Waals surface area contributed by atoms with Crippen molar-refractivity contribution < 1.29 is 22.7 Å². The Morgan fingerprint density at radius 3 is 2.55 bits per heavy atom.